The number of aliphatic hydroxyl groups excluding tert-OH is 2. The minimum Gasteiger partial charge on any atom is -0.387 e. The molecular weight excluding hydrogens is 427 g/mol. The molecule has 0 radical (unpaired) electrons. The van der Waals surface area contributed by atoms with Crippen molar-refractivity contribution in [3.05, 3.63) is 17.8 Å². The van der Waals surface area contributed by atoms with Crippen LogP contribution in [0.2, 0.25) is 0 Å². The maximum absolute atomic E-state index is 13.1. The Morgan fingerprint density at radius 2 is 1.87 bits per heavy atom. The Morgan fingerprint density at radius 3 is 2.48 bits per heavy atom. The second-order valence-electron chi connectivity index (χ2n) is 8.83. The number of ether oxygens (including phenoxy) is 1. The van der Waals surface area contributed by atoms with Crippen LogP contribution < -0.4 is 0 Å². The topological polar surface area (TPSA) is 160 Å². The maximum atomic E-state index is 13.1. The molecule has 0 amide bonds. The molecule has 0 saturated carbocycles. The molecule has 172 valence electrons. The molecule has 4 rings (SSSR count). The maximum Gasteiger partial charge on any atom is 0.359 e. The standard InChI is InChI=1S/C19H29N4O7P/c1-6-19(26,7-2)31(27,28)30-18(4,5)10-14-12(24)13(25)17(29-14)23-15(10)22-11-9(3)20-8-21-16(11)23/h8,10,12-14,17,24-26H,6-7H2,1-5H3,(H,27,28). The number of hydrogen-bond donors (Lipinski definition) is 4. The molecular formula is C19H29N4O7P. The van der Waals surface area contributed by atoms with Crippen LogP contribution in [0.4, 0.5) is 0 Å². The third-order valence-electron chi connectivity index (χ3n) is 6.59. The highest BCUT2D eigenvalue weighted by Crippen LogP contribution is 2.62. The van der Waals surface area contributed by atoms with E-state index in [9.17, 15) is 24.8 Å². The molecule has 2 bridgehead atoms. The summed E-state index contributed by atoms with van der Waals surface area (Å²) < 4.78 is 26.4. The monoisotopic (exact) mass is 456 g/mol. The number of nitrogens with zero attached hydrogens (tertiary/aromatic N) is 4. The summed E-state index contributed by atoms with van der Waals surface area (Å²) in [6.45, 7) is 8.14. The molecule has 6 atom stereocenters. The van der Waals surface area contributed by atoms with E-state index in [1.165, 1.54) is 6.33 Å². The first-order chi connectivity index (χ1) is 14.4. The predicted octanol–water partition coefficient (Wildman–Crippen LogP) is 1.34. The fourth-order valence-corrected chi connectivity index (χ4v) is 6.37. The lowest BCUT2D eigenvalue weighted by Crippen LogP contribution is -2.47. The zero-order valence-corrected chi connectivity index (χ0v) is 19.0. The van der Waals surface area contributed by atoms with Gasteiger partial charge in [0.15, 0.2) is 17.2 Å². The highest BCUT2D eigenvalue weighted by molar-refractivity contribution is 7.54. The predicted molar refractivity (Wildman–Crippen MR) is 109 cm³/mol. The molecule has 0 aromatic carbocycles. The minimum atomic E-state index is -4.53. The van der Waals surface area contributed by atoms with E-state index in [1.54, 1.807) is 39.2 Å². The number of aliphatic hydroxyl groups is 3. The van der Waals surface area contributed by atoms with E-state index in [0.29, 0.717) is 22.7 Å². The summed E-state index contributed by atoms with van der Waals surface area (Å²) in [6, 6.07) is 0. The molecule has 4 N–H and O–H groups in total. The van der Waals surface area contributed by atoms with E-state index < -0.39 is 49.0 Å². The zero-order valence-electron chi connectivity index (χ0n) is 18.1. The van der Waals surface area contributed by atoms with Gasteiger partial charge < -0.3 is 24.9 Å². The van der Waals surface area contributed by atoms with Gasteiger partial charge >= 0.3 is 7.60 Å². The van der Waals surface area contributed by atoms with Gasteiger partial charge in [-0.15, -0.1) is 0 Å². The Bertz CT molecular complexity index is 1050. The molecule has 2 aromatic rings. The van der Waals surface area contributed by atoms with Gasteiger partial charge in [0.05, 0.1) is 17.2 Å². The van der Waals surface area contributed by atoms with E-state index in [2.05, 4.69) is 15.0 Å². The molecule has 2 aliphatic heterocycles. The van der Waals surface area contributed by atoms with E-state index in [1.807, 2.05) is 0 Å². The molecule has 2 aromatic heterocycles. The summed E-state index contributed by atoms with van der Waals surface area (Å²) in [5.41, 5.74) is 0.131. The smallest absolute Gasteiger partial charge is 0.359 e. The van der Waals surface area contributed by atoms with Crippen LogP contribution in [0, 0.1) is 6.92 Å². The van der Waals surface area contributed by atoms with Gasteiger partial charge in [-0.1, -0.05) is 13.8 Å². The highest BCUT2D eigenvalue weighted by Gasteiger charge is 2.60. The van der Waals surface area contributed by atoms with Gasteiger partial charge in [0.2, 0.25) is 0 Å². The molecule has 11 nitrogen and oxygen atoms in total. The average Bonchev–Trinajstić information content (AvgIpc) is 3.20. The Morgan fingerprint density at radius 1 is 1.23 bits per heavy atom. The fraction of sp³-hybridized carbons (Fsp3) is 0.737. The largest absolute Gasteiger partial charge is 0.387 e. The lowest BCUT2D eigenvalue weighted by atomic mass is 9.83. The SMILES string of the molecule is CCC(O)(CC)P(=O)(O)OC(C)(C)C1c2nc3c(C)ncnc3n2C2OC1C(O)C2O. The first-order valence-electron chi connectivity index (χ1n) is 10.4. The summed E-state index contributed by atoms with van der Waals surface area (Å²) in [4.78, 5) is 23.8. The van der Waals surface area contributed by atoms with Gasteiger partial charge in [-0.3, -0.25) is 13.7 Å². The molecule has 31 heavy (non-hydrogen) atoms. The molecule has 0 spiro atoms. The minimum absolute atomic E-state index is 0.0225. The second-order valence-corrected chi connectivity index (χ2v) is 10.9. The van der Waals surface area contributed by atoms with Gasteiger partial charge in [-0.2, -0.15) is 0 Å². The number of aryl methyl sites for hydroxylation is 1. The quantitative estimate of drug-likeness (QED) is 0.467. The lowest BCUT2D eigenvalue weighted by Gasteiger charge is -2.43. The zero-order chi connectivity index (χ0) is 22.9. The number of rotatable bonds is 6. The molecule has 4 heterocycles. The van der Waals surface area contributed by atoms with Gasteiger partial charge in [0.1, 0.15) is 36.0 Å². The average molecular weight is 456 g/mol. The van der Waals surface area contributed by atoms with Gasteiger partial charge in [-0.05, 0) is 33.6 Å². The van der Waals surface area contributed by atoms with Crippen molar-refractivity contribution < 1.29 is 34.0 Å². The van der Waals surface area contributed by atoms with Crippen molar-refractivity contribution in [1.82, 2.24) is 19.5 Å². The Hall–Kier alpha value is -1.46. The molecule has 12 heteroatoms. The number of imidazole rings is 1. The van der Waals surface area contributed by atoms with Crippen molar-refractivity contribution in [1.29, 1.82) is 0 Å². The van der Waals surface area contributed by atoms with Crippen LogP contribution in [0.5, 0.6) is 0 Å². The molecule has 2 aliphatic rings. The van der Waals surface area contributed by atoms with Crippen molar-refractivity contribution in [2.45, 2.75) is 88.9 Å². The highest BCUT2D eigenvalue weighted by atomic mass is 31.2. The van der Waals surface area contributed by atoms with Crippen molar-refractivity contribution in [2.75, 3.05) is 0 Å². The summed E-state index contributed by atoms with van der Waals surface area (Å²) in [5, 5.41) is 30.1. The third-order valence-corrected chi connectivity index (χ3v) is 8.99. The van der Waals surface area contributed by atoms with Crippen molar-refractivity contribution in [3.8, 4) is 0 Å². The first kappa shape index (κ1) is 22.7. The van der Waals surface area contributed by atoms with Crippen LogP contribution in [0.1, 0.15) is 64.2 Å². The molecule has 1 fully saturated rings. The Kier molecular flexibility index (Phi) is 5.33. The van der Waals surface area contributed by atoms with Crippen LogP contribution in [0.25, 0.3) is 11.2 Å². The molecule has 1 saturated heterocycles. The summed E-state index contributed by atoms with van der Waals surface area (Å²) in [6.07, 6.45) is -2.95. The van der Waals surface area contributed by atoms with Gasteiger partial charge in [0.25, 0.3) is 0 Å². The van der Waals surface area contributed by atoms with Crippen LogP contribution >= 0.6 is 7.60 Å². The normalized spacial score (nSPS) is 30.4. The second kappa shape index (κ2) is 7.28. The van der Waals surface area contributed by atoms with Crippen molar-refractivity contribution in [2.24, 2.45) is 0 Å². The van der Waals surface area contributed by atoms with Crippen molar-refractivity contribution in [3.63, 3.8) is 0 Å². The lowest BCUT2D eigenvalue weighted by molar-refractivity contribution is -0.104. The van der Waals surface area contributed by atoms with Crippen LogP contribution in [0.15, 0.2) is 6.33 Å². The Labute approximate surface area is 179 Å². The van der Waals surface area contributed by atoms with Crippen molar-refractivity contribution >= 4 is 18.8 Å². The Balaban J connectivity index is 1.86. The van der Waals surface area contributed by atoms with Crippen LogP contribution in [-0.2, 0) is 13.8 Å². The van der Waals surface area contributed by atoms with Gasteiger partial charge in [0, 0.05) is 0 Å². The van der Waals surface area contributed by atoms with Gasteiger partial charge in [-0.25, -0.2) is 15.0 Å². The number of fused-ring (bicyclic) bond motifs is 6. The summed E-state index contributed by atoms with van der Waals surface area (Å²) >= 11 is 0. The summed E-state index contributed by atoms with van der Waals surface area (Å²) in [5.74, 6) is -0.445. The first-order valence-corrected chi connectivity index (χ1v) is 11.9. The molecule has 0 aliphatic carbocycles. The van der Waals surface area contributed by atoms with Crippen LogP contribution in [-0.4, -0.2) is 69.0 Å². The molecule has 6 unspecified atom stereocenters. The number of aromatic nitrogens is 4. The summed E-state index contributed by atoms with van der Waals surface area (Å²) in [7, 11) is -4.53. The van der Waals surface area contributed by atoms with E-state index in [0.717, 1.165) is 0 Å². The van der Waals surface area contributed by atoms with E-state index in [-0.39, 0.29) is 12.8 Å². The third kappa shape index (κ3) is 3.18. The van der Waals surface area contributed by atoms with E-state index >= 15 is 0 Å². The van der Waals surface area contributed by atoms with E-state index in [4.69, 9.17) is 9.26 Å². The number of hydrogen-bond acceptors (Lipinski definition) is 9. The fourth-order valence-electron chi connectivity index (χ4n) is 4.65. The van der Waals surface area contributed by atoms with Crippen LogP contribution in [0.3, 0.4) is 0 Å².